The van der Waals surface area contributed by atoms with Gasteiger partial charge in [0.2, 0.25) is 5.91 Å². The fraction of sp³-hybridized carbons (Fsp3) is 0.222. The van der Waals surface area contributed by atoms with Crippen LogP contribution in [0.3, 0.4) is 0 Å². The second-order valence-corrected chi connectivity index (χ2v) is 5.67. The fourth-order valence-electron chi connectivity index (χ4n) is 2.24. The van der Waals surface area contributed by atoms with Gasteiger partial charge >= 0.3 is 0 Å². The van der Waals surface area contributed by atoms with E-state index in [0.717, 1.165) is 11.6 Å². The number of nitro benzene ring substituents is 1. The third kappa shape index (κ3) is 5.37. The van der Waals surface area contributed by atoms with Crippen molar-refractivity contribution in [3.8, 4) is 0 Å². The molecule has 26 heavy (non-hydrogen) atoms. The second-order valence-electron chi connectivity index (χ2n) is 5.67. The van der Waals surface area contributed by atoms with Gasteiger partial charge in [-0.05, 0) is 37.1 Å². The van der Waals surface area contributed by atoms with Crippen LogP contribution in [-0.2, 0) is 11.2 Å². The van der Waals surface area contributed by atoms with Gasteiger partial charge in [-0.3, -0.25) is 19.7 Å². The van der Waals surface area contributed by atoms with Gasteiger partial charge in [-0.1, -0.05) is 18.2 Å². The van der Waals surface area contributed by atoms with Crippen LogP contribution in [0.25, 0.3) is 0 Å². The van der Waals surface area contributed by atoms with Crippen molar-refractivity contribution in [3.63, 3.8) is 0 Å². The van der Waals surface area contributed by atoms with Crippen LogP contribution in [0.1, 0.15) is 22.8 Å². The lowest BCUT2D eigenvalue weighted by atomic mass is 10.1. The molecular formula is C18H18FN3O4. The second kappa shape index (κ2) is 8.70. The number of benzene rings is 2. The third-order valence-corrected chi connectivity index (χ3v) is 3.69. The molecule has 0 bridgehead atoms. The SMILES string of the molecule is CC(NC(=O)c1cccc([N+](=O)[O-])c1)C(=O)NCCc1ccc(F)cc1. The number of rotatable bonds is 7. The molecule has 2 amide bonds. The van der Waals surface area contributed by atoms with Crippen LogP contribution in [0.2, 0.25) is 0 Å². The van der Waals surface area contributed by atoms with Crippen LogP contribution in [0.4, 0.5) is 10.1 Å². The molecule has 0 aliphatic heterocycles. The fourth-order valence-corrected chi connectivity index (χ4v) is 2.24. The van der Waals surface area contributed by atoms with Crippen molar-refractivity contribution in [1.29, 1.82) is 0 Å². The zero-order valence-corrected chi connectivity index (χ0v) is 14.1. The molecule has 7 nitrogen and oxygen atoms in total. The van der Waals surface area contributed by atoms with E-state index in [9.17, 15) is 24.1 Å². The zero-order chi connectivity index (χ0) is 19.1. The molecule has 0 aliphatic rings. The highest BCUT2D eigenvalue weighted by Crippen LogP contribution is 2.13. The van der Waals surface area contributed by atoms with E-state index >= 15 is 0 Å². The molecule has 0 radical (unpaired) electrons. The number of amides is 2. The van der Waals surface area contributed by atoms with E-state index < -0.39 is 16.9 Å². The van der Waals surface area contributed by atoms with E-state index in [2.05, 4.69) is 10.6 Å². The van der Waals surface area contributed by atoms with Crippen LogP contribution in [0.5, 0.6) is 0 Å². The molecule has 2 aromatic rings. The number of nitro groups is 1. The highest BCUT2D eigenvalue weighted by atomic mass is 19.1. The number of nitrogens with one attached hydrogen (secondary N) is 2. The predicted octanol–water partition coefficient (Wildman–Crippen LogP) is 2.21. The van der Waals surface area contributed by atoms with Crippen molar-refractivity contribution in [3.05, 3.63) is 75.6 Å². The van der Waals surface area contributed by atoms with Gasteiger partial charge in [0.15, 0.2) is 0 Å². The lowest BCUT2D eigenvalue weighted by Gasteiger charge is -2.14. The minimum absolute atomic E-state index is 0.102. The van der Waals surface area contributed by atoms with Gasteiger partial charge in [0.1, 0.15) is 11.9 Å². The Morgan fingerprint density at radius 1 is 1.19 bits per heavy atom. The first kappa shape index (κ1) is 19.0. The smallest absolute Gasteiger partial charge is 0.270 e. The van der Waals surface area contributed by atoms with E-state index in [0.29, 0.717) is 13.0 Å². The molecule has 136 valence electrons. The van der Waals surface area contributed by atoms with Gasteiger partial charge in [-0.2, -0.15) is 0 Å². The molecule has 2 N–H and O–H groups in total. The minimum atomic E-state index is -0.810. The first-order valence-electron chi connectivity index (χ1n) is 7.94. The summed E-state index contributed by atoms with van der Waals surface area (Å²) >= 11 is 0. The number of hydrogen-bond acceptors (Lipinski definition) is 4. The maximum absolute atomic E-state index is 12.8. The highest BCUT2D eigenvalue weighted by molar-refractivity contribution is 5.97. The Labute approximate surface area is 149 Å². The minimum Gasteiger partial charge on any atom is -0.354 e. The largest absolute Gasteiger partial charge is 0.354 e. The summed E-state index contributed by atoms with van der Waals surface area (Å²) in [4.78, 5) is 34.3. The summed E-state index contributed by atoms with van der Waals surface area (Å²) < 4.78 is 12.8. The van der Waals surface area contributed by atoms with Crippen molar-refractivity contribution >= 4 is 17.5 Å². The van der Waals surface area contributed by atoms with E-state index in [1.165, 1.54) is 37.3 Å². The summed E-state index contributed by atoms with van der Waals surface area (Å²) in [5.74, 6) is -1.28. The number of carbonyl (C=O) groups excluding carboxylic acids is 2. The Kier molecular flexibility index (Phi) is 6.37. The van der Waals surface area contributed by atoms with Crippen molar-refractivity contribution in [1.82, 2.24) is 10.6 Å². The summed E-state index contributed by atoms with van der Waals surface area (Å²) in [7, 11) is 0. The third-order valence-electron chi connectivity index (χ3n) is 3.69. The van der Waals surface area contributed by atoms with Gasteiger partial charge in [0.05, 0.1) is 4.92 Å². The average molecular weight is 359 g/mol. The molecule has 0 saturated heterocycles. The van der Waals surface area contributed by atoms with Gasteiger partial charge in [0.25, 0.3) is 11.6 Å². The quantitative estimate of drug-likeness (QED) is 0.584. The van der Waals surface area contributed by atoms with Crippen molar-refractivity contribution in [2.24, 2.45) is 0 Å². The first-order valence-corrected chi connectivity index (χ1v) is 7.94. The van der Waals surface area contributed by atoms with E-state index in [1.807, 2.05) is 0 Å². The summed E-state index contributed by atoms with van der Waals surface area (Å²) in [6.45, 7) is 1.85. The molecule has 1 atom stereocenters. The predicted molar refractivity (Wildman–Crippen MR) is 93.1 cm³/mol. The molecule has 1 unspecified atom stereocenters. The van der Waals surface area contributed by atoms with Crippen molar-refractivity contribution in [2.75, 3.05) is 6.54 Å². The molecule has 8 heteroatoms. The van der Waals surface area contributed by atoms with Crippen LogP contribution in [0, 0.1) is 15.9 Å². The first-order chi connectivity index (χ1) is 12.4. The molecule has 0 aromatic heterocycles. The molecule has 2 rings (SSSR count). The normalized spacial score (nSPS) is 11.5. The van der Waals surface area contributed by atoms with Crippen LogP contribution in [0.15, 0.2) is 48.5 Å². The summed E-state index contributed by atoms with van der Waals surface area (Å²) in [6, 6.07) is 10.4. The number of hydrogen-bond donors (Lipinski definition) is 2. The standard InChI is InChI=1S/C18H18FN3O4/c1-12(17(23)20-10-9-13-5-7-15(19)8-6-13)21-18(24)14-3-2-4-16(11-14)22(25)26/h2-8,11-12H,9-10H2,1H3,(H,20,23)(H,21,24). The zero-order valence-electron chi connectivity index (χ0n) is 14.1. The lowest BCUT2D eigenvalue weighted by molar-refractivity contribution is -0.384. The number of nitrogens with zero attached hydrogens (tertiary/aromatic N) is 1. The van der Waals surface area contributed by atoms with E-state index in [-0.39, 0.29) is 23.0 Å². The maximum Gasteiger partial charge on any atom is 0.270 e. The Bertz CT molecular complexity index is 808. The van der Waals surface area contributed by atoms with Crippen LogP contribution < -0.4 is 10.6 Å². The maximum atomic E-state index is 12.8. The Balaban J connectivity index is 1.84. The molecule has 0 aliphatic carbocycles. The molecule has 0 heterocycles. The number of halogens is 1. The van der Waals surface area contributed by atoms with Crippen molar-refractivity contribution < 1.29 is 18.9 Å². The van der Waals surface area contributed by atoms with E-state index in [4.69, 9.17) is 0 Å². The number of carbonyl (C=O) groups is 2. The van der Waals surface area contributed by atoms with Gasteiger partial charge < -0.3 is 10.6 Å². The van der Waals surface area contributed by atoms with Crippen LogP contribution >= 0.6 is 0 Å². The van der Waals surface area contributed by atoms with Gasteiger partial charge in [-0.25, -0.2) is 4.39 Å². The monoisotopic (exact) mass is 359 g/mol. The Morgan fingerprint density at radius 3 is 2.54 bits per heavy atom. The van der Waals surface area contributed by atoms with Gasteiger partial charge in [0, 0.05) is 24.2 Å². The summed E-state index contributed by atoms with van der Waals surface area (Å²) in [5, 5.41) is 15.9. The molecule has 2 aromatic carbocycles. The highest BCUT2D eigenvalue weighted by Gasteiger charge is 2.17. The summed E-state index contributed by atoms with van der Waals surface area (Å²) in [6.07, 6.45) is 0.525. The van der Waals surface area contributed by atoms with Crippen molar-refractivity contribution in [2.45, 2.75) is 19.4 Å². The van der Waals surface area contributed by atoms with Gasteiger partial charge in [-0.15, -0.1) is 0 Å². The number of non-ortho nitro benzene ring substituents is 1. The topological polar surface area (TPSA) is 101 Å². The molecule has 0 fully saturated rings. The Hall–Kier alpha value is -3.29. The summed E-state index contributed by atoms with van der Waals surface area (Å²) in [5.41, 5.74) is 0.777. The molecule has 0 spiro atoms. The average Bonchev–Trinajstić information content (AvgIpc) is 2.63. The lowest BCUT2D eigenvalue weighted by Crippen LogP contribution is -2.45. The Morgan fingerprint density at radius 2 is 1.88 bits per heavy atom. The van der Waals surface area contributed by atoms with E-state index in [1.54, 1.807) is 12.1 Å². The molecule has 0 saturated carbocycles. The van der Waals surface area contributed by atoms with Crippen LogP contribution in [-0.4, -0.2) is 29.3 Å². The molecular weight excluding hydrogens is 341 g/mol.